The van der Waals surface area contributed by atoms with Gasteiger partial charge in [0.1, 0.15) is 23.3 Å². The molecule has 1 amide bonds. The maximum absolute atomic E-state index is 15.1. The molecule has 38 heavy (non-hydrogen) atoms. The number of halogens is 2. The smallest absolute Gasteiger partial charge is 0.275 e. The van der Waals surface area contributed by atoms with E-state index >= 15 is 4.39 Å². The zero-order valence-electron chi connectivity index (χ0n) is 21.1. The Morgan fingerprint density at radius 3 is 2.47 bits per heavy atom. The molecule has 0 spiro atoms. The zero-order chi connectivity index (χ0) is 26.8. The van der Waals surface area contributed by atoms with Crippen LogP contribution in [0.3, 0.4) is 0 Å². The number of rotatable bonds is 6. The third-order valence-corrected chi connectivity index (χ3v) is 7.80. The number of fused-ring (bicyclic) bond motifs is 1. The number of amides is 1. The molecule has 8 nitrogen and oxygen atoms in total. The minimum absolute atomic E-state index is 0.0738. The van der Waals surface area contributed by atoms with Crippen molar-refractivity contribution in [2.45, 2.75) is 25.5 Å². The molecule has 0 radical (unpaired) electrons. The second kappa shape index (κ2) is 8.95. The van der Waals surface area contributed by atoms with Crippen molar-refractivity contribution in [1.82, 2.24) is 24.6 Å². The summed E-state index contributed by atoms with van der Waals surface area (Å²) in [4.78, 5) is 23.6. The topological polar surface area (TPSA) is 99.2 Å². The number of aromatic nitrogens is 4. The van der Waals surface area contributed by atoms with E-state index in [9.17, 15) is 9.18 Å². The van der Waals surface area contributed by atoms with Crippen molar-refractivity contribution in [2.24, 2.45) is 24.6 Å². The fraction of sp³-hybridized carbons (Fsp3) is 0.333. The predicted octanol–water partition coefficient (Wildman–Crippen LogP) is 4.23. The van der Waals surface area contributed by atoms with Gasteiger partial charge in [-0.2, -0.15) is 5.10 Å². The molecule has 4 aromatic rings. The second-order valence-electron chi connectivity index (χ2n) is 10.4. The number of pyridine rings is 1. The maximum Gasteiger partial charge on any atom is 0.275 e. The average Bonchev–Trinajstić information content (AvgIpc) is 3.34. The SMILES string of the molecule is Cn1nc(-c2cscn2)c(F)c1C(=O)N1C[C@@H]2C(Oc3cc(C(C)(C)N)cc(-c4ccc(F)cc4)n3)[C@@H]2C1. The highest BCUT2D eigenvalue weighted by atomic mass is 32.1. The fourth-order valence-corrected chi connectivity index (χ4v) is 5.57. The molecule has 1 aromatic carbocycles. The summed E-state index contributed by atoms with van der Waals surface area (Å²) in [6.07, 6.45) is -0.106. The van der Waals surface area contributed by atoms with Gasteiger partial charge in [-0.1, -0.05) is 0 Å². The first kappa shape index (κ1) is 24.6. The van der Waals surface area contributed by atoms with Crippen LogP contribution in [0.2, 0.25) is 0 Å². The van der Waals surface area contributed by atoms with E-state index in [1.54, 1.807) is 35.0 Å². The standard InChI is InChI=1S/C27H26F2N6O2S/c1-27(2,30)15-8-19(14-4-6-16(28)7-5-14)32-21(9-15)37-25-17-10-35(11-18(17)25)26(36)24-22(29)23(33-34(24)3)20-12-38-13-31-20/h4-9,12-13,17-18,25H,10-11,30H2,1-3H3/t17-,18+,25?. The number of piperidine rings is 1. The van der Waals surface area contributed by atoms with E-state index in [1.165, 1.54) is 28.2 Å². The Labute approximate surface area is 222 Å². The van der Waals surface area contributed by atoms with Crippen LogP contribution >= 0.6 is 11.3 Å². The highest BCUT2D eigenvalue weighted by Gasteiger charge is 2.59. The molecular weight excluding hydrogens is 510 g/mol. The number of hydrogen-bond donors (Lipinski definition) is 1. The van der Waals surface area contributed by atoms with Gasteiger partial charge in [-0.25, -0.2) is 18.7 Å². The molecular formula is C27H26F2N6O2S. The van der Waals surface area contributed by atoms with Gasteiger partial charge in [-0.3, -0.25) is 9.48 Å². The molecule has 1 saturated carbocycles. The summed E-state index contributed by atoms with van der Waals surface area (Å²) in [6.45, 7) is 4.70. The largest absolute Gasteiger partial charge is 0.474 e. The average molecular weight is 537 g/mol. The molecule has 1 aliphatic heterocycles. The number of likely N-dealkylation sites (tertiary alicyclic amines) is 1. The second-order valence-corrected chi connectivity index (χ2v) is 11.2. The number of benzene rings is 1. The highest BCUT2D eigenvalue weighted by Crippen LogP contribution is 2.48. The van der Waals surface area contributed by atoms with Gasteiger partial charge in [0.05, 0.1) is 11.2 Å². The zero-order valence-corrected chi connectivity index (χ0v) is 21.9. The van der Waals surface area contributed by atoms with Crippen molar-refractivity contribution in [2.75, 3.05) is 13.1 Å². The van der Waals surface area contributed by atoms with Gasteiger partial charge in [0, 0.05) is 54.5 Å². The Hall–Kier alpha value is -3.70. The Morgan fingerprint density at radius 2 is 1.84 bits per heavy atom. The summed E-state index contributed by atoms with van der Waals surface area (Å²) < 4.78 is 36.1. The van der Waals surface area contributed by atoms with Crippen molar-refractivity contribution >= 4 is 17.2 Å². The number of aryl methyl sites for hydroxylation is 1. The fourth-order valence-electron chi connectivity index (χ4n) is 5.03. The number of ether oxygens (including phenoxy) is 1. The van der Waals surface area contributed by atoms with E-state index in [2.05, 4.69) is 15.1 Å². The predicted molar refractivity (Wildman–Crippen MR) is 138 cm³/mol. The van der Waals surface area contributed by atoms with Crippen molar-refractivity contribution in [3.05, 3.63) is 70.2 Å². The van der Waals surface area contributed by atoms with E-state index in [4.69, 9.17) is 10.5 Å². The van der Waals surface area contributed by atoms with E-state index in [0.29, 0.717) is 30.4 Å². The molecule has 3 atom stereocenters. The van der Waals surface area contributed by atoms with Crippen LogP contribution in [0.5, 0.6) is 5.88 Å². The maximum atomic E-state index is 15.1. The summed E-state index contributed by atoms with van der Waals surface area (Å²) in [6, 6.07) is 9.83. The Kier molecular flexibility index (Phi) is 5.80. The van der Waals surface area contributed by atoms with Crippen LogP contribution in [0.1, 0.15) is 29.9 Å². The number of carbonyl (C=O) groups excluding carboxylic acids is 1. The molecule has 6 rings (SSSR count). The molecule has 3 aromatic heterocycles. The molecule has 1 saturated heterocycles. The number of carbonyl (C=O) groups is 1. The van der Waals surface area contributed by atoms with Crippen LogP contribution in [0, 0.1) is 23.5 Å². The lowest BCUT2D eigenvalue weighted by molar-refractivity contribution is 0.0735. The van der Waals surface area contributed by atoms with Gasteiger partial charge < -0.3 is 15.4 Å². The van der Waals surface area contributed by atoms with E-state index in [1.807, 2.05) is 26.0 Å². The van der Waals surface area contributed by atoms with Crippen LogP contribution in [0.25, 0.3) is 22.6 Å². The van der Waals surface area contributed by atoms with Gasteiger partial charge in [-0.05, 0) is 49.7 Å². The van der Waals surface area contributed by atoms with E-state index in [0.717, 1.165) is 11.1 Å². The van der Waals surface area contributed by atoms with Crippen LogP contribution < -0.4 is 10.5 Å². The van der Waals surface area contributed by atoms with Crippen LogP contribution in [-0.2, 0) is 12.6 Å². The van der Waals surface area contributed by atoms with Crippen LogP contribution in [0.4, 0.5) is 8.78 Å². The molecule has 2 aliphatic rings. The molecule has 1 aliphatic carbocycles. The number of thiazole rings is 1. The quantitative estimate of drug-likeness (QED) is 0.396. The van der Waals surface area contributed by atoms with Crippen molar-refractivity contribution in [3.8, 4) is 28.5 Å². The summed E-state index contributed by atoms with van der Waals surface area (Å²) >= 11 is 1.34. The number of hydrogen-bond acceptors (Lipinski definition) is 7. The summed E-state index contributed by atoms with van der Waals surface area (Å²) in [5, 5.41) is 5.88. The third-order valence-electron chi connectivity index (χ3n) is 7.21. The van der Waals surface area contributed by atoms with Crippen molar-refractivity contribution in [3.63, 3.8) is 0 Å². The van der Waals surface area contributed by atoms with Gasteiger partial charge in [-0.15, -0.1) is 11.3 Å². The summed E-state index contributed by atoms with van der Waals surface area (Å²) in [5.74, 6) is -0.694. The lowest BCUT2D eigenvalue weighted by Gasteiger charge is -2.22. The lowest BCUT2D eigenvalue weighted by atomic mass is 9.95. The van der Waals surface area contributed by atoms with Gasteiger partial charge in [0.2, 0.25) is 5.88 Å². The molecule has 11 heteroatoms. The highest BCUT2D eigenvalue weighted by molar-refractivity contribution is 7.07. The monoisotopic (exact) mass is 536 g/mol. The molecule has 1 unspecified atom stereocenters. The first-order valence-corrected chi connectivity index (χ1v) is 13.2. The normalized spacial score (nSPS) is 20.5. The molecule has 4 heterocycles. The Morgan fingerprint density at radius 1 is 1.13 bits per heavy atom. The minimum atomic E-state index is -0.657. The van der Waals surface area contributed by atoms with E-state index in [-0.39, 0.29) is 35.1 Å². The van der Waals surface area contributed by atoms with E-state index < -0.39 is 17.3 Å². The first-order valence-electron chi connectivity index (χ1n) is 12.2. The number of nitrogens with two attached hydrogens (primary N) is 1. The summed E-state index contributed by atoms with van der Waals surface area (Å²) in [5.41, 5.74) is 9.98. The molecule has 196 valence electrons. The molecule has 0 bridgehead atoms. The minimum Gasteiger partial charge on any atom is -0.474 e. The first-order chi connectivity index (χ1) is 18.1. The summed E-state index contributed by atoms with van der Waals surface area (Å²) in [7, 11) is 1.56. The van der Waals surface area contributed by atoms with Crippen molar-refractivity contribution in [1.29, 1.82) is 0 Å². The number of nitrogens with zero attached hydrogens (tertiary/aromatic N) is 5. The van der Waals surface area contributed by atoms with Crippen molar-refractivity contribution < 1.29 is 18.3 Å². The Bertz CT molecular complexity index is 1500. The van der Waals surface area contributed by atoms with Crippen LogP contribution in [0.15, 0.2) is 47.3 Å². The Balaban J connectivity index is 1.17. The molecule has 2 N–H and O–H groups in total. The molecule has 2 fully saturated rings. The third kappa shape index (κ3) is 4.35. The van der Waals surface area contributed by atoms with Gasteiger partial charge >= 0.3 is 0 Å². The lowest BCUT2D eigenvalue weighted by Crippen LogP contribution is -2.35. The van der Waals surface area contributed by atoms with Gasteiger partial charge in [0.15, 0.2) is 11.5 Å². The van der Waals surface area contributed by atoms with Gasteiger partial charge in [0.25, 0.3) is 5.91 Å². The van der Waals surface area contributed by atoms with Crippen LogP contribution in [-0.4, -0.2) is 49.7 Å².